The number of ether oxygens (including phenoxy) is 1. The molecule has 1 rings (SSSR count). The van der Waals surface area contributed by atoms with Crippen molar-refractivity contribution in [1.29, 1.82) is 0 Å². The van der Waals surface area contributed by atoms with Crippen molar-refractivity contribution in [3.63, 3.8) is 0 Å². The Bertz CT molecular complexity index is 269. The minimum Gasteiger partial charge on any atom is -0.495 e. The van der Waals surface area contributed by atoms with Crippen LogP contribution in [0.2, 0.25) is 5.02 Å². The van der Waals surface area contributed by atoms with Gasteiger partial charge in [-0.15, -0.1) is 0 Å². The molecule has 0 heterocycles. The summed E-state index contributed by atoms with van der Waals surface area (Å²) < 4.78 is 5.05. The zero-order valence-electron chi connectivity index (χ0n) is 7.60. The van der Waals surface area contributed by atoms with Crippen LogP contribution in [-0.2, 0) is 0 Å². The van der Waals surface area contributed by atoms with E-state index in [2.05, 4.69) is 13.8 Å². The van der Waals surface area contributed by atoms with Crippen molar-refractivity contribution in [3.05, 3.63) is 28.8 Å². The van der Waals surface area contributed by atoms with E-state index in [0.29, 0.717) is 10.9 Å². The second-order valence-corrected chi connectivity index (χ2v) is 3.46. The van der Waals surface area contributed by atoms with E-state index >= 15 is 0 Å². The van der Waals surface area contributed by atoms with E-state index in [-0.39, 0.29) is 0 Å². The van der Waals surface area contributed by atoms with Gasteiger partial charge in [-0.3, -0.25) is 0 Å². The Morgan fingerprint density at radius 2 is 2.00 bits per heavy atom. The minimum absolute atomic E-state index is 0.508. The highest BCUT2D eigenvalue weighted by atomic mass is 35.5. The molecule has 2 heteroatoms. The van der Waals surface area contributed by atoms with Crippen LogP contribution in [-0.4, -0.2) is 7.11 Å². The molecule has 12 heavy (non-hydrogen) atoms. The first-order valence-electron chi connectivity index (χ1n) is 3.98. The summed E-state index contributed by atoms with van der Waals surface area (Å²) in [6, 6.07) is 5.89. The molecule has 0 spiro atoms. The maximum Gasteiger partial charge on any atom is 0.137 e. The Labute approximate surface area is 78.3 Å². The van der Waals surface area contributed by atoms with Crippen molar-refractivity contribution in [2.45, 2.75) is 19.8 Å². The van der Waals surface area contributed by atoms with E-state index in [1.807, 2.05) is 18.2 Å². The molecule has 0 fully saturated rings. The van der Waals surface area contributed by atoms with Crippen LogP contribution in [0.1, 0.15) is 25.3 Å². The molecule has 0 saturated carbocycles. The number of hydrogen-bond acceptors (Lipinski definition) is 1. The molecule has 0 atom stereocenters. The summed E-state index contributed by atoms with van der Waals surface area (Å²) in [6.45, 7) is 4.27. The van der Waals surface area contributed by atoms with Gasteiger partial charge in [0, 0.05) is 0 Å². The average molecular weight is 185 g/mol. The van der Waals surface area contributed by atoms with E-state index in [4.69, 9.17) is 16.3 Å². The summed E-state index contributed by atoms with van der Waals surface area (Å²) in [5.74, 6) is 1.24. The predicted molar refractivity (Wildman–Crippen MR) is 52.1 cm³/mol. The van der Waals surface area contributed by atoms with Crippen molar-refractivity contribution >= 4 is 11.6 Å². The predicted octanol–water partition coefficient (Wildman–Crippen LogP) is 3.47. The molecule has 1 aromatic rings. The Kier molecular flexibility index (Phi) is 2.99. The number of halogens is 1. The average Bonchev–Trinajstić information content (AvgIpc) is 2.04. The fourth-order valence-electron chi connectivity index (χ4n) is 1.04. The van der Waals surface area contributed by atoms with E-state index in [1.165, 1.54) is 5.56 Å². The third-order valence-corrected chi connectivity index (χ3v) is 2.14. The first kappa shape index (κ1) is 9.40. The van der Waals surface area contributed by atoms with Crippen LogP contribution >= 0.6 is 11.6 Å². The number of rotatable bonds is 2. The van der Waals surface area contributed by atoms with Crippen LogP contribution < -0.4 is 4.74 Å². The molecule has 1 nitrogen and oxygen atoms in total. The minimum atomic E-state index is 0.508. The van der Waals surface area contributed by atoms with E-state index in [0.717, 1.165) is 5.75 Å². The smallest absolute Gasteiger partial charge is 0.137 e. The van der Waals surface area contributed by atoms with Gasteiger partial charge in [0.1, 0.15) is 5.75 Å². The normalized spacial score (nSPS) is 10.4. The quantitative estimate of drug-likeness (QED) is 0.684. The zero-order chi connectivity index (χ0) is 9.14. The monoisotopic (exact) mass is 184 g/mol. The third kappa shape index (κ3) is 1.92. The topological polar surface area (TPSA) is 9.23 Å². The lowest BCUT2D eigenvalue weighted by Gasteiger charge is -2.08. The largest absolute Gasteiger partial charge is 0.495 e. The van der Waals surface area contributed by atoms with Crippen LogP contribution in [0.3, 0.4) is 0 Å². The number of hydrogen-bond donors (Lipinski definition) is 0. The van der Waals surface area contributed by atoms with Crippen LogP contribution in [0.15, 0.2) is 18.2 Å². The van der Waals surface area contributed by atoms with Crippen LogP contribution in [0.25, 0.3) is 0 Å². The molecule has 0 bridgehead atoms. The fourth-order valence-corrected chi connectivity index (χ4v) is 1.31. The van der Waals surface area contributed by atoms with Gasteiger partial charge in [-0.25, -0.2) is 0 Å². The lowest BCUT2D eigenvalue weighted by molar-refractivity contribution is 0.415. The molecular formula is C10H13ClO. The molecule has 0 radical (unpaired) electrons. The standard InChI is InChI=1S/C10H13ClO/c1-7(2)8-4-5-10(12-3)9(11)6-8/h4-7H,1-3H3. The molecule has 0 aromatic heterocycles. The first-order valence-corrected chi connectivity index (χ1v) is 4.36. The summed E-state index contributed by atoms with van der Waals surface area (Å²) in [5, 5.41) is 0.684. The van der Waals surface area contributed by atoms with Gasteiger partial charge in [0.2, 0.25) is 0 Å². The SMILES string of the molecule is COc1ccc(C(C)C)cc1Cl. The summed E-state index contributed by atoms with van der Waals surface area (Å²) in [7, 11) is 1.62. The van der Waals surface area contributed by atoms with Gasteiger partial charge in [0.05, 0.1) is 12.1 Å². The lowest BCUT2D eigenvalue weighted by Crippen LogP contribution is -1.89. The second kappa shape index (κ2) is 3.81. The Morgan fingerprint density at radius 1 is 1.33 bits per heavy atom. The molecular weight excluding hydrogens is 172 g/mol. The third-order valence-electron chi connectivity index (χ3n) is 1.84. The van der Waals surface area contributed by atoms with Gasteiger partial charge in [-0.1, -0.05) is 31.5 Å². The van der Waals surface area contributed by atoms with Gasteiger partial charge in [0.15, 0.2) is 0 Å². The van der Waals surface area contributed by atoms with Crippen molar-refractivity contribution in [1.82, 2.24) is 0 Å². The molecule has 0 saturated heterocycles. The van der Waals surface area contributed by atoms with Crippen molar-refractivity contribution in [3.8, 4) is 5.75 Å². The molecule has 0 N–H and O–H groups in total. The maximum atomic E-state index is 5.95. The number of benzene rings is 1. The van der Waals surface area contributed by atoms with E-state index in [1.54, 1.807) is 7.11 Å². The van der Waals surface area contributed by atoms with Crippen LogP contribution in [0.5, 0.6) is 5.75 Å². The molecule has 0 amide bonds. The fraction of sp³-hybridized carbons (Fsp3) is 0.400. The van der Waals surface area contributed by atoms with E-state index < -0.39 is 0 Å². The van der Waals surface area contributed by atoms with Gasteiger partial charge in [-0.05, 0) is 23.6 Å². The highest BCUT2D eigenvalue weighted by Crippen LogP contribution is 2.27. The van der Waals surface area contributed by atoms with Crippen LogP contribution in [0.4, 0.5) is 0 Å². The van der Waals surface area contributed by atoms with Crippen molar-refractivity contribution in [2.24, 2.45) is 0 Å². The Balaban J connectivity index is 3.02. The summed E-state index contributed by atoms with van der Waals surface area (Å²) in [5.41, 5.74) is 1.24. The maximum absolute atomic E-state index is 5.95. The Hall–Kier alpha value is -0.690. The van der Waals surface area contributed by atoms with Gasteiger partial charge < -0.3 is 4.74 Å². The van der Waals surface area contributed by atoms with E-state index in [9.17, 15) is 0 Å². The van der Waals surface area contributed by atoms with Gasteiger partial charge >= 0.3 is 0 Å². The van der Waals surface area contributed by atoms with Gasteiger partial charge in [-0.2, -0.15) is 0 Å². The highest BCUT2D eigenvalue weighted by molar-refractivity contribution is 6.32. The van der Waals surface area contributed by atoms with Crippen LogP contribution in [0, 0.1) is 0 Å². The Morgan fingerprint density at radius 3 is 2.42 bits per heavy atom. The molecule has 0 aliphatic rings. The molecule has 1 aromatic carbocycles. The summed E-state index contributed by atoms with van der Waals surface area (Å²) >= 11 is 5.95. The molecule has 0 unspecified atom stereocenters. The van der Waals surface area contributed by atoms with Crippen molar-refractivity contribution < 1.29 is 4.74 Å². The summed E-state index contributed by atoms with van der Waals surface area (Å²) in [6.07, 6.45) is 0. The summed E-state index contributed by atoms with van der Waals surface area (Å²) in [4.78, 5) is 0. The lowest BCUT2D eigenvalue weighted by atomic mass is 10.0. The molecule has 0 aliphatic heterocycles. The van der Waals surface area contributed by atoms with Crippen molar-refractivity contribution in [2.75, 3.05) is 7.11 Å². The number of methoxy groups -OCH3 is 1. The second-order valence-electron chi connectivity index (χ2n) is 3.05. The molecule has 66 valence electrons. The zero-order valence-corrected chi connectivity index (χ0v) is 8.35. The molecule has 0 aliphatic carbocycles. The highest BCUT2D eigenvalue weighted by Gasteiger charge is 2.03. The first-order chi connectivity index (χ1) is 5.65. The van der Waals surface area contributed by atoms with Gasteiger partial charge in [0.25, 0.3) is 0 Å².